The van der Waals surface area contributed by atoms with Crippen molar-refractivity contribution in [1.29, 1.82) is 0 Å². The van der Waals surface area contributed by atoms with E-state index in [0.717, 1.165) is 5.76 Å². The smallest absolute Gasteiger partial charge is 0.287 e. The van der Waals surface area contributed by atoms with Crippen molar-refractivity contribution in [1.82, 2.24) is 9.78 Å². The van der Waals surface area contributed by atoms with Crippen LogP contribution in [0.3, 0.4) is 0 Å². The molecule has 0 aliphatic rings. The lowest BCUT2D eigenvalue weighted by Gasteiger charge is -2.10. The van der Waals surface area contributed by atoms with E-state index >= 15 is 0 Å². The zero-order valence-corrected chi connectivity index (χ0v) is 11.6. The Labute approximate surface area is 116 Å². The minimum Gasteiger partial charge on any atom is -0.467 e. The van der Waals surface area contributed by atoms with E-state index in [4.69, 9.17) is 16.0 Å². The molecule has 2 heterocycles. The van der Waals surface area contributed by atoms with Crippen LogP contribution in [0.5, 0.6) is 0 Å². The molecule has 0 saturated heterocycles. The number of nitrogens with zero attached hydrogens (tertiary/aromatic N) is 2. The van der Waals surface area contributed by atoms with E-state index in [1.807, 2.05) is 19.9 Å². The number of anilines is 1. The summed E-state index contributed by atoms with van der Waals surface area (Å²) in [5, 5.41) is 7.30. The SMILES string of the molecule is CC(C)Cn1ncc(NCc2ccco2)c(Cl)c1=O. The van der Waals surface area contributed by atoms with Gasteiger partial charge in [0.15, 0.2) is 0 Å². The molecule has 2 rings (SSSR count). The molecule has 2 aromatic rings. The highest BCUT2D eigenvalue weighted by Gasteiger charge is 2.10. The van der Waals surface area contributed by atoms with Crippen LogP contribution in [0.4, 0.5) is 5.69 Å². The van der Waals surface area contributed by atoms with Crippen LogP contribution in [-0.2, 0) is 13.1 Å². The van der Waals surface area contributed by atoms with Gasteiger partial charge in [0, 0.05) is 6.54 Å². The van der Waals surface area contributed by atoms with Crippen LogP contribution in [0, 0.1) is 5.92 Å². The highest BCUT2D eigenvalue weighted by Crippen LogP contribution is 2.16. The molecule has 0 bridgehead atoms. The number of aromatic nitrogens is 2. The highest BCUT2D eigenvalue weighted by molar-refractivity contribution is 6.32. The minimum atomic E-state index is -0.278. The van der Waals surface area contributed by atoms with E-state index in [0.29, 0.717) is 24.7 Å². The second-order valence-corrected chi connectivity index (χ2v) is 5.06. The summed E-state index contributed by atoms with van der Waals surface area (Å²) in [5.41, 5.74) is 0.239. The van der Waals surface area contributed by atoms with Crippen molar-refractivity contribution in [3.8, 4) is 0 Å². The first-order chi connectivity index (χ1) is 9.08. The Morgan fingerprint density at radius 1 is 1.53 bits per heavy atom. The number of halogens is 1. The number of rotatable bonds is 5. The van der Waals surface area contributed by atoms with Crippen LogP contribution < -0.4 is 10.9 Å². The topological polar surface area (TPSA) is 60.1 Å². The Morgan fingerprint density at radius 3 is 2.95 bits per heavy atom. The fraction of sp³-hybridized carbons (Fsp3) is 0.385. The molecule has 0 aliphatic carbocycles. The molecule has 1 N–H and O–H groups in total. The van der Waals surface area contributed by atoms with Crippen molar-refractivity contribution in [2.75, 3.05) is 5.32 Å². The zero-order chi connectivity index (χ0) is 13.8. The van der Waals surface area contributed by atoms with Crippen molar-refractivity contribution in [3.05, 3.63) is 45.7 Å². The molecule has 102 valence electrons. The number of nitrogens with one attached hydrogen (secondary N) is 1. The Balaban J connectivity index is 2.14. The molecule has 2 aromatic heterocycles. The summed E-state index contributed by atoms with van der Waals surface area (Å²) in [5.74, 6) is 1.10. The quantitative estimate of drug-likeness (QED) is 0.915. The number of hydrogen-bond acceptors (Lipinski definition) is 4. The summed E-state index contributed by atoms with van der Waals surface area (Å²) in [6.07, 6.45) is 3.16. The fourth-order valence-corrected chi connectivity index (χ4v) is 1.87. The van der Waals surface area contributed by atoms with E-state index in [9.17, 15) is 4.79 Å². The van der Waals surface area contributed by atoms with Crippen LogP contribution in [0.25, 0.3) is 0 Å². The Bertz CT molecular complexity index is 590. The molecule has 0 aliphatic heterocycles. The average Bonchev–Trinajstić information content (AvgIpc) is 2.87. The first kappa shape index (κ1) is 13.7. The summed E-state index contributed by atoms with van der Waals surface area (Å²) >= 11 is 6.06. The Hall–Kier alpha value is -1.75. The minimum absolute atomic E-state index is 0.155. The van der Waals surface area contributed by atoms with Crippen molar-refractivity contribution in [3.63, 3.8) is 0 Å². The van der Waals surface area contributed by atoms with Gasteiger partial charge in [0.1, 0.15) is 10.8 Å². The molecule has 0 unspecified atom stereocenters. The molecule has 6 heteroatoms. The first-order valence-corrected chi connectivity index (χ1v) is 6.47. The predicted molar refractivity (Wildman–Crippen MR) is 74.4 cm³/mol. The van der Waals surface area contributed by atoms with Crippen molar-refractivity contribution < 1.29 is 4.42 Å². The molecule has 0 amide bonds. The standard InChI is InChI=1S/C13H16ClN3O2/c1-9(2)8-17-13(18)12(14)11(7-16-17)15-6-10-4-3-5-19-10/h3-5,7,9,15H,6,8H2,1-2H3. The van der Waals surface area contributed by atoms with Gasteiger partial charge in [0.2, 0.25) is 0 Å². The highest BCUT2D eigenvalue weighted by atomic mass is 35.5. The Morgan fingerprint density at radius 2 is 2.32 bits per heavy atom. The summed E-state index contributed by atoms with van der Waals surface area (Å²) in [6, 6.07) is 3.64. The first-order valence-electron chi connectivity index (χ1n) is 6.10. The van der Waals surface area contributed by atoms with Gasteiger partial charge >= 0.3 is 0 Å². The molecule has 0 spiro atoms. The molecule has 0 radical (unpaired) electrons. The molecule has 0 atom stereocenters. The third-order valence-corrected chi connectivity index (χ3v) is 2.92. The normalized spacial score (nSPS) is 10.9. The zero-order valence-electron chi connectivity index (χ0n) is 10.9. The summed E-state index contributed by atoms with van der Waals surface area (Å²) in [4.78, 5) is 12.0. The Kier molecular flexibility index (Phi) is 4.27. The lowest BCUT2D eigenvalue weighted by molar-refractivity contribution is 0.464. The maximum Gasteiger partial charge on any atom is 0.287 e. The van der Waals surface area contributed by atoms with Crippen molar-refractivity contribution in [2.24, 2.45) is 5.92 Å². The van der Waals surface area contributed by atoms with Gasteiger partial charge in [-0.2, -0.15) is 5.10 Å². The lowest BCUT2D eigenvalue weighted by atomic mass is 10.2. The average molecular weight is 282 g/mol. The van der Waals surface area contributed by atoms with Crippen LogP contribution >= 0.6 is 11.6 Å². The van der Waals surface area contributed by atoms with E-state index in [1.165, 1.54) is 4.68 Å². The number of furan rings is 1. The van der Waals surface area contributed by atoms with Crippen LogP contribution in [0.1, 0.15) is 19.6 Å². The fourth-order valence-electron chi connectivity index (χ4n) is 1.66. The van der Waals surface area contributed by atoms with Gasteiger partial charge in [-0.3, -0.25) is 4.79 Å². The summed E-state index contributed by atoms with van der Waals surface area (Å²) < 4.78 is 6.57. The molecular formula is C13H16ClN3O2. The van der Waals surface area contributed by atoms with Gasteiger partial charge in [-0.15, -0.1) is 0 Å². The van der Waals surface area contributed by atoms with E-state index < -0.39 is 0 Å². The van der Waals surface area contributed by atoms with Gasteiger partial charge in [0.05, 0.1) is 24.7 Å². The maximum absolute atomic E-state index is 12.0. The summed E-state index contributed by atoms with van der Waals surface area (Å²) in [6.45, 7) is 5.05. The number of hydrogen-bond donors (Lipinski definition) is 1. The molecule has 0 aromatic carbocycles. The lowest BCUT2D eigenvalue weighted by Crippen LogP contribution is -2.26. The molecule has 0 saturated carbocycles. The van der Waals surface area contributed by atoms with Crippen molar-refractivity contribution >= 4 is 17.3 Å². The third-order valence-electron chi connectivity index (χ3n) is 2.56. The van der Waals surface area contributed by atoms with Crippen LogP contribution in [0.2, 0.25) is 5.02 Å². The summed E-state index contributed by atoms with van der Waals surface area (Å²) in [7, 11) is 0. The van der Waals surface area contributed by atoms with E-state index in [-0.39, 0.29) is 10.6 Å². The second-order valence-electron chi connectivity index (χ2n) is 4.69. The predicted octanol–water partition coefficient (Wildman–Crippen LogP) is 2.76. The monoisotopic (exact) mass is 281 g/mol. The van der Waals surface area contributed by atoms with Gasteiger partial charge in [-0.1, -0.05) is 25.4 Å². The van der Waals surface area contributed by atoms with Crippen LogP contribution in [-0.4, -0.2) is 9.78 Å². The molecular weight excluding hydrogens is 266 g/mol. The largest absolute Gasteiger partial charge is 0.467 e. The third kappa shape index (κ3) is 3.38. The molecule has 0 fully saturated rings. The van der Waals surface area contributed by atoms with E-state index in [1.54, 1.807) is 18.5 Å². The van der Waals surface area contributed by atoms with Crippen molar-refractivity contribution in [2.45, 2.75) is 26.9 Å². The molecule has 5 nitrogen and oxygen atoms in total. The van der Waals surface area contributed by atoms with Gasteiger partial charge in [0.25, 0.3) is 5.56 Å². The maximum atomic E-state index is 12.0. The van der Waals surface area contributed by atoms with Gasteiger partial charge in [-0.25, -0.2) is 4.68 Å². The van der Waals surface area contributed by atoms with E-state index in [2.05, 4.69) is 10.4 Å². The molecule has 19 heavy (non-hydrogen) atoms. The van der Waals surface area contributed by atoms with Crippen LogP contribution in [0.15, 0.2) is 33.8 Å². The van der Waals surface area contributed by atoms with Gasteiger partial charge in [-0.05, 0) is 18.1 Å². The van der Waals surface area contributed by atoms with Gasteiger partial charge < -0.3 is 9.73 Å². The second kappa shape index (κ2) is 5.93.